The fourth-order valence-corrected chi connectivity index (χ4v) is 2.36. The number of nitrogens with one attached hydrogen (secondary N) is 1. The highest BCUT2D eigenvalue weighted by atomic mass is 16.5. The van der Waals surface area contributed by atoms with Crippen LogP contribution in [0.25, 0.3) is 10.9 Å². The highest BCUT2D eigenvalue weighted by Gasteiger charge is 2.29. The second-order valence-electron chi connectivity index (χ2n) is 4.95. The van der Waals surface area contributed by atoms with Crippen LogP contribution in [0.1, 0.15) is 18.2 Å². The molecule has 0 radical (unpaired) electrons. The molecule has 0 bridgehead atoms. The summed E-state index contributed by atoms with van der Waals surface area (Å²) in [4.78, 5) is 38.6. The van der Waals surface area contributed by atoms with Gasteiger partial charge in [-0.05, 0) is 26.0 Å². The van der Waals surface area contributed by atoms with E-state index in [2.05, 4.69) is 4.98 Å². The van der Waals surface area contributed by atoms with E-state index in [1.165, 1.54) is 0 Å². The van der Waals surface area contributed by atoms with Gasteiger partial charge >= 0.3 is 11.9 Å². The Kier molecular flexibility index (Phi) is 4.60. The van der Waals surface area contributed by atoms with Gasteiger partial charge in [0.1, 0.15) is 0 Å². The number of hydrogen-bond donors (Lipinski definition) is 2. The van der Waals surface area contributed by atoms with Gasteiger partial charge in [-0.15, -0.1) is 0 Å². The van der Waals surface area contributed by atoms with Gasteiger partial charge in [0.05, 0.1) is 6.61 Å². The Morgan fingerprint density at radius 3 is 2.64 bits per heavy atom. The summed E-state index contributed by atoms with van der Waals surface area (Å²) >= 11 is 0. The van der Waals surface area contributed by atoms with Gasteiger partial charge in [0, 0.05) is 28.6 Å². The normalized spacial score (nSPS) is 12.1. The highest BCUT2D eigenvalue weighted by Crippen LogP contribution is 2.15. The van der Waals surface area contributed by atoms with E-state index in [0.717, 1.165) is 0 Å². The zero-order valence-electron chi connectivity index (χ0n) is 12.4. The second-order valence-corrected chi connectivity index (χ2v) is 4.95. The number of carbonyl (C=O) groups excluding carboxylic acids is 1. The number of pyridine rings is 1. The van der Waals surface area contributed by atoms with Crippen molar-refractivity contribution in [1.82, 2.24) is 4.98 Å². The van der Waals surface area contributed by atoms with Gasteiger partial charge in [0.15, 0.2) is 11.3 Å². The number of aromatic amines is 1. The Morgan fingerprint density at radius 2 is 2.00 bits per heavy atom. The molecule has 0 amide bonds. The first-order valence-electron chi connectivity index (χ1n) is 6.95. The number of fused-ring (bicyclic) bond motifs is 1. The molecule has 6 nitrogen and oxygen atoms in total. The summed E-state index contributed by atoms with van der Waals surface area (Å²) < 4.78 is 4.77. The number of aryl methyl sites for hydroxylation is 1. The van der Waals surface area contributed by atoms with Crippen LogP contribution in [0, 0.1) is 12.8 Å². The lowest BCUT2D eigenvalue weighted by Crippen LogP contribution is -2.30. The molecule has 22 heavy (non-hydrogen) atoms. The van der Waals surface area contributed by atoms with Gasteiger partial charge in [0.2, 0.25) is 0 Å². The molecule has 116 valence electrons. The summed E-state index contributed by atoms with van der Waals surface area (Å²) in [5, 5.41) is 9.68. The highest BCUT2D eigenvalue weighted by molar-refractivity contribution is 5.94. The predicted octanol–water partition coefficient (Wildman–Crippen LogP) is 1.64. The number of benzene rings is 1. The summed E-state index contributed by atoms with van der Waals surface area (Å²) in [6, 6.07) is 6.97. The number of ether oxygens (including phenoxy) is 1. The van der Waals surface area contributed by atoms with Gasteiger partial charge in [-0.1, -0.05) is 12.1 Å². The molecule has 1 atom stereocenters. The minimum absolute atomic E-state index is 0.0929. The smallest absolute Gasteiger partial charge is 0.320 e. The summed E-state index contributed by atoms with van der Waals surface area (Å²) in [6.07, 6.45) is -0.194. The van der Waals surface area contributed by atoms with Gasteiger partial charge < -0.3 is 14.8 Å². The molecule has 1 aromatic heterocycles. The largest absolute Gasteiger partial charge is 0.481 e. The van der Waals surface area contributed by atoms with Crippen molar-refractivity contribution in [3.63, 3.8) is 0 Å². The van der Waals surface area contributed by atoms with Gasteiger partial charge in [-0.2, -0.15) is 0 Å². The SMILES string of the molecule is CCOC(=O)[C@@H](Cc1c(C)[nH]c2ccccc2c1=O)C(=O)O. The van der Waals surface area contributed by atoms with E-state index in [1.807, 2.05) is 0 Å². The van der Waals surface area contributed by atoms with Crippen LogP contribution in [0.15, 0.2) is 29.1 Å². The molecule has 1 heterocycles. The molecule has 2 N–H and O–H groups in total. The van der Waals surface area contributed by atoms with Crippen molar-refractivity contribution in [2.24, 2.45) is 5.92 Å². The van der Waals surface area contributed by atoms with Crippen molar-refractivity contribution in [2.75, 3.05) is 6.61 Å². The van der Waals surface area contributed by atoms with Crippen LogP contribution in [0.4, 0.5) is 0 Å². The van der Waals surface area contributed by atoms with E-state index in [-0.39, 0.29) is 18.5 Å². The van der Waals surface area contributed by atoms with E-state index < -0.39 is 17.9 Å². The Labute approximate surface area is 126 Å². The van der Waals surface area contributed by atoms with E-state index in [1.54, 1.807) is 38.1 Å². The number of H-pyrrole nitrogens is 1. The van der Waals surface area contributed by atoms with Gasteiger partial charge in [-0.25, -0.2) is 0 Å². The fourth-order valence-electron chi connectivity index (χ4n) is 2.36. The molecule has 0 aliphatic rings. The maximum absolute atomic E-state index is 12.5. The van der Waals surface area contributed by atoms with Crippen molar-refractivity contribution in [3.8, 4) is 0 Å². The minimum Gasteiger partial charge on any atom is -0.481 e. The van der Waals surface area contributed by atoms with Crippen LogP contribution in [-0.2, 0) is 20.7 Å². The summed E-state index contributed by atoms with van der Waals surface area (Å²) in [6.45, 7) is 3.38. The molecule has 0 aliphatic heterocycles. The fraction of sp³-hybridized carbons (Fsp3) is 0.312. The summed E-state index contributed by atoms with van der Waals surface area (Å²) in [5.41, 5.74) is 1.26. The predicted molar refractivity (Wildman–Crippen MR) is 80.8 cm³/mol. The first-order valence-corrected chi connectivity index (χ1v) is 6.95. The molecule has 0 aliphatic carbocycles. The number of hydrogen-bond acceptors (Lipinski definition) is 4. The van der Waals surface area contributed by atoms with Crippen molar-refractivity contribution in [2.45, 2.75) is 20.3 Å². The number of aliphatic carboxylic acids is 1. The lowest BCUT2D eigenvalue weighted by atomic mass is 9.96. The molecule has 6 heteroatoms. The lowest BCUT2D eigenvalue weighted by molar-refractivity contribution is -0.158. The Balaban J connectivity index is 2.48. The van der Waals surface area contributed by atoms with Crippen LogP contribution >= 0.6 is 0 Å². The number of esters is 1. The third-order valence-electron chi connectivity index (χ3n) is 3.50. The van der Waals surface area contributed by atoms with E-state index >= 15 is 0 Å². The van der Waals surface area contributed by atoms with Crippen molar-refractivity contribution >= 4 is 22.8 Å². The number of para-hydroxylation sites is 1. The van der Waals surface area contributed by atoms with Crippen LogP contribution in [0.2, 0.25) is 0 Å². The Bertz CT molecular complexity index is 778. The molecule has 0 saturated heterocycles. The topological polar surface area (TPSA) is 96.5 Å². The van der Waals surface area contributed by atoms with Crippen LogP contribution in [-0.4, -0.2) is 28.6 Å². The zero-order valence-corrected chi connectivity index (χ0v) is 12.4. The third-order valence-corrected chi connectivity index (χ3v) is 3.50. The number of aromatic nitrogens is 1. The lowest BCUT2D eigenvalue weighted by Gasteiger charge is -2.13. The average Bonchev–Trinajstić information content (AvgIpc) is 2.47. The number of carboxylic acid groups (broad SMARTS) is 1. The number of carboxylic acids is 1. The van der Waals surface area contributed by atoms with E-state index in [4.69, 9.17) is 4.74 Å². The maximum Gasteiger partial charge on any atom is 0.320 e. The van der Waals surface area contributed by atoms with E-state index in [9.17, 15) is 19.5 Å². The van der Waals surface area contributed by atoms with Gasteiger partial charge in [-0.3, -0.25) is 14.4 Å². The Morgan fingerprint density at radius 1 is 1.32 bits per heavy atom. The first-order chi connectivity index (χ1) is 10.5. The maximum atomic E-state index is 12.5. The molecule has 2 aromatic rings. The molecule has 2 rings (SSSR count). The molecule has 0 fully saturated rings. The van der Waals surface area contributed by atoms with Crippen LogP contribution in [0.5, 0.6) is 0 Å². The van der Waals surface area contributed by atoms with Crippen molar-refractivity contribution in [3.05, 3.63) is 45.7 Å². The molecule has 0 spiro atoms. The van der Waals surface area contributed by atoms with Crippen LogP contribution < -0.4 is 5.43 Å². The standard InChI is InChI=1S/C16H17NO5/c1-3-22-16(21)12(15(19)20)8-11-9(2)17-13-7-5-4-6-10(13)14(11)18/h4-7,12H,3,8H2,1-2H3,(H,17,18)(H,19,20)/t12-/m0/s1. The molecule has 0 unspecified atom stereocenters. The van der Waals surface area contributed by atoms with Gasteiger partial charge in [0.25, 0.3) is 0 Å². The van der Waals surface area contributed by atoms with Crippen LogP contribution in [0.3, 0.4) is 0 Å². The number of rotatable bonds is 5. The molecule has 0 saturated carbocycles. The molecular weight excluding hydrogens is 286 g/mol. The molecule has 1 aromatic carbocycles. The average molecular weight is 303 g/mol. The third kappa shape index (κ3) is 3.00. The quantitative estimate of drug-likeness (QED) is 0.646. The summed E-state index contributed by atoms with van der Waals surface area (Å²) in [5.74, 6) is -3.52. The minimum atomic E-state index is -1.39. The summed E-state index contributed by atoms with van der Waals surface area (Å²) in [7, 11) is 0. The monoisotopic (exact) mass is 303 g/mol. The zero-order chi connectivity index (χ0) is 16.3. The Hall–Kier alpha value is -2.63. The number of carbonyl (C=O) groups is 2. The molecular formula is C16H17NO5. The van der Waals surface area contributed by atoms with Crippen molar-refractivity contribution < 1.29 is 19.4 Å². The second kappa shape index (κ2) is 6.43. The first kappa shape index (κ1) is 15.8. The van der Waals surface area contributed by atoms with E-state index in [0.29, 0.717) is 22.2 Å². The van der Waals surface area contributed by atoms with Crippen molar-refractivity contribution in [1.29, 1.82) is 0 Å².